The number of thiophene rings is 1. The van der Waals surface area contributed by atoms with E-state index in [9.17, 15) is 9.59 Å². The summed E-state index contributed by atoms with van der Waals surface area (Å²) in [7, 11) is 0. The molecule has 30 heavy (non-hydrogen) atoms. The zero-order valence-electron chi connectivity index (χ0n) is 16.6. The van der Waals surface area contributed by atoms with E-state index in [0.29, 0.717) is 31.6 Å². The maximum absolute atomic E-state index is 12.8. The molecule has 3 heterocycles. The number of hydrogen-bond acceptors (Lipinski definition) is 5. The molecule has 154 valence electrons. The van der Waals surface area contributed by atoms with Gasteiger partial charge >= 0.3 is 0 Å². The molecule has 0 aliphatic carbocycles. The van der Waals surface area contributed by atoms with Gasteiger partial charge in [0.15, 0.2) is 0 Å². The Morgan fingerprint density at radius 3 is 2.77 bits per heavy atom. The molecule has 7 nitrogen and oxygen atoms in total. The van der Waals surface area contributed by atoms with Crippen molar-refractivity contribution >= 4 is 22.8 Å². The lowest BCUT2D eigenvalue weighted by atomic mass is 10.1. The van der Waals surface area contributed by atoms with Gasteiger partial charge < -0.3 is 14.6 Å². The Kier molecular flexibility index (Phi) is 5.94. The van der Waals surface area contributed by atoms with Crippen molar-refractivity contribution in [2.24, 2.45) is 0 Å². The van der Waals surface area contributed by atoms with Gasteiger partial charge in [0.1, 0.15) is 11.3 Å². The summed E-state index contributed by atoms with van der Waals surface area (Å²) in [5.74, 6) is 0.748. The molecule has 0 fully saturated rings. The lowest BCUT2D eigenvalue weighted by Crippen LogP contribution is -2.31. The highest BCUT2D eigenvalue weighted by atomic mass is 32.1. The Bertz CT molecular complexity index is 1190. The topological polar surface area (TPSA) is 77.6 Å². The van der Waals surface area contributed by atoms with E-state index in [1.165, 1.54) is 0 Å². The van der Waals surface area contributed by atoms with Gasteiger partial charge in [-0.2, -0.15) is 16.4 Å². The SMILES string of the molecule is CCOc1ccc(-c2cc3c(=O)n(CCNC(=O)Cc4ccsc4)ccn3n2)cc1. The molecule has 0 aliphatic rings. The van der Waals surface area contributed by atoms with Crippen molar-refractivity contribution in [2.45, 2.75) is 19.9 Å². The van der Waals surface area contributed by atoms with Crippen molar-refractivity contribution in [3.63, 3.8) is 0 Å². The predicted molar refractivity (Wildman–Crippen MR) is 117 cm³/mol. The van der Waals surface area contributed by atoms with Gasteiger partial charge in [0.2, 0.25) is 5.91 Å². The number of nitrogens with zero attached hydrogens (tertiary/aromatic N) is 3. The summed E-state index contributed by atoms with van der Waals surface area (Å²) in [6.07, 6.45) is 3.79. The number of aromatic nitrogens is 3. The van der Waals surface area contributed by atoms with Crippen molar-refractivity contribution in [2.75, 3.05) is 13.2 Å². The van der Waals surface area contributed by atoms with Crippen LogP contribution in [0.2, 0.25) is 0 Å². The van der Waals surface area contributed by atoms with Crippen LogP contribution < -0.4 is 15.6 Å². The van der Waals surface area contributed by atoms with Crippen LogP contribution >= 0.6 is 11.3 Å². The van der Waals surface area contributed by atoms with Crippen LogP contribution in [0.4, 0.5) is 0 Å². The number of carbonyl (C=O) groups excluding carboxylic acids is 1. The summed E-state index contributed by atoms with van der Waals surface area (Å²) in [6, 6.07) is 11.3. The summed E-state index contributed by atoms with van der Waals surface area (Å²) >= 11 is 1.57. The highest BCUT2D eigenvalue weighted by molar-refractivity contribution is 7.08. The van der Waals surface area contributed by atoms with E-state index >= 15 is 0 Å². The van der Waals surface area contributed by atoms with E-state index < -0.39 is 0 Å². The minimum absolute atomic E-state index is 0.0512. The number of ether oxygens (including phenoxy) is 1. The summed E-state index contributed by atoms with van der Waals surface area (Å²) in [5.41, 5.74) is 2.98. The molecule has 0 radical (unpaired) electrons. The lowest BCUT2D eigenvalue weighted by molar-refractivity contribution is -0.120. The van der Waals surface area contributed by atoms with Crippen molar-refractivity contribution in [3.8, 4) is 17.0 Å². The van der Waals surface area contributed by atoms with E-state index in [1.807, 2.05) is 48.0 Å². The molecule has 0 spiro atoms. The first-order valence-corrected chi connectivity index (χ1v) is 10.7. The number of carbonyl (C=O) groups is 1. The van der Waals surface area contributed by atoms with Crippen LogP contribution in [0, 0.1) is 0 Å². The van der Waals surface area contributed by atoms with Crippen LogP contribution in [-0.4, -0.2) is 33.2 Å². The van der Waals surface area contributed by atoms with Gasteiger partial charge in [0.25, 0.3) is 5.56 Å². The van der Waals surface area contributed by atoms with Gasteiger partial charge in [0.05, 0.1) is 18.7 Å². The zero-order chi connectivity index (χ0) is 20.9. The maximum Gasteiger partial charge on any atom is 0.276 e. The molecule has 4 aromatic rings. The zero-order valence-corrected chi connectivity index (χ0v) is 17.4. The number of rotatable bonds is 8. The molecule has 1 aromatic carbocycles. The fourth-order valence-electron chi connectivity index (χ4n) is 3.19. The van der Waals surface area contributed by atoms with E-state index in [1.54, 1.807) is 38.9 Å². The first-order chi connectivity index (χ1) is 14.6. The molecule has 4 rings (SSSR count). The lowest BCUT2D eigenvalue weighted by Gasteiger charge is -2.07. The Balaban J connectivity index is 1.44. The number of nitrogens with one attached hydrogen (secondary N) is 1. The molecule has 3 aromatic heterocycles. The summed E-state index contributed by atoms with van der Waals surface area (Å²) in [6.45, 7) is 3.34. The van der Waals surface area contributed by atoms with E-state index in [2.05, 4.69) is 10.4 Å². The largest absolute Gasteiger partial charge is 0.494 e. The quantitative estimate of drug-likeness (QED) is 0.474. The molecule has 0 unspecified atom stereocenters. The van der Waals surface area contributed by atoms with E-state index in [0.717, 1.165) is 22.6 Å². The van der Waals surface area contributed by atoms with Crippen LogP contribution in [0.25, 0.3) is 16.8 Å². The van der Waals surface area contributed by atoms with Gasteiger partial charge in [-0.25, -0.2) is 4.52 Å². The van der Waals surface area contributed by atoms with Crippen LogP contribution in [0.5, 0.6) is 5.75 Å². The normalized spacial score (nSPS) is 11.0. The fraction of sp³-hybridized carbons (Fsp3) is 0.227. The van der Waals surface area contributed by atoms with Crippen LogP contribution in [0.15, 0.2) is 64.3 Å². The molecule has 1 N–H and O–H groups in total. The molecule has 0 atom stereocenters. The molecule has 0 aliphatic heterocycles. The predicted octanol–water partition coefficient (Wildman–Crippen LogP) is 2.98. The second kappa shape index (κ2) is 8.96. The average molecular weight is 423 g/mol. The molecular formula is C22H22N4O3S. The highest BCUT2D eigenvalue weighted by Gasteiger charge is 2.10. The number of fused-ring (bicyclic) bond motifs is 1. The number of benzene rings is 1. The Labute approximate surface area is 177 Å². The second-order valence-electron chi connectivity index (χ2n) is 6.77. The Morgan fingerprint density at radius 1 is 1.20 bits per heavy atom. The van der Waals surface area contributed by atoms with Crippen molar-refractivity contribution < 1.29 is 9.53 Å². The van der Waals surface area contributed by atoms with Crippen LogP contribution in [-0.2, 0) is 17.8 Å². The summed E-state index contributed by atoms with van der Waals surface area (Å²) < 4.78 is 8.64. The standard InChI is InChI=1S/C22H22N4O3S/c1-2-29-18-5-3-17(4-6-18)19-14-20-22(28)25(10-11-26(20)24-19)9-8-23-21(27)13-16-7-12-30-15-16/h3-7,10-12,14-15H,2,8-9,13H2,1H3,(H,23,27). The fourth-order valence-corrected chi connectivity index (χ4v) is 3.86. The van der Waals surface area contributed by atoms with Gasteiger partial charge in [-0.05, 0) is 59.6 Å². The Hall–Kier alpha value is -3.39. The molecule has 8 heteroatoms. The van der Waals surface area contributed by atoms with Crippen molar-refractivity contribution in [3.05, 3.63) is 75.5 Å². The highest BCUT2D eigenvalue weighted by Crippen LogP contribution is 2.21. The monoisotopic (exact) mass is 422 g/mol. The Morgan fingerprint density at radius 2 is 2.03 bits per heavy atom. The van der Waals surface area contributed by atoms with Gasteiger partial charge in [-0.1, -0.05) is 0 Å². The second-order valence-corrected chi connectivity index (χ2v) is 7.55. The molecular weight excluding hydrogens is 400 g/mol. The number of hydrogen-bond donors (Lipinski definition) is 1. The van der Waals surface area contributed by atoms with Gasteiger partial charge in [0, 0.05) is 31.0 Å². The third-order valence-electron chi connectivity index (χ3n) is 4.68. The molecule has 0 saturated carbocycles. The van der Waals surface area contributed by atoms with E-state index in [-0.39, 0.29) is 11.5 Å². The first-order valence-electron chi connectivity index (χ1n) is 9.74. The first kappa shape index (κ1) is 19.9. The minimum atomic E-state index is -0.144. The average Bonchev–Trinajstić information content (AvgIpc) is 3.41. The third kappa shape index (κ3) is 4.44. The van der Waals surface area contributed by atoms with Crippen LogP contribution in [0.3, 0.4) is 0 Å². The summed E-state index contributed by atoms with van der Waals surface area (Å²) in [4.78, 5) is 24.8. The van der Waals surface area contributed by atoms with Crippen molar-refractivity contribution in [1.29, 1.82) is 0 Å². The molecule has 0 saturated heterocycles. The molecule has 0 bridgehead atoms. The van der Waals surface area contributed by atoms with Gasteiger partial charge in [-0.15, -0.1) is 0 Å². The van der Waals surface area contributed by atoms with Crippen molar-refractivity contribution in [1.82, 2.24) is 19.5 Å². The van der Waals surface area contributed by atoms with Crippen LogP contribution in [0.1, 0.15) is 12.5 Å². The smallest absolute Gasteiger partial charge is 0.276 e. The third-order valence-corrected chi connectivity index (χ3v) is 5.42. The number of amides is 1. The maximum atomic E-state index is 12.8. The summed E-state index contributed by atoms with van der Waals surface area (Å²) in [5, 5.41) is 11.3. The van der Waals surface area contributed by atoms with Gasteiger partial charge in [-0.3, -0.25) is 9.59 Å². The minimum Gasteiger partial charge on any atom is -0.494 e. The molecule has 1 amide bonds. The van der Waals surface area contributed by atoms with E-state index in [4.69, 9.17) is 4.74 Å².